The zero-order valence-electron chi connectivity index (χ0n) is 21.3. The Labute approximate surface area is 212 Å². The summed E-state index contributed by atoms with van der Waals surface area (Å²) >= 11 is 0. The van der Waals surface area contributed by atoms with Gasteiger partial charge in [-0.3, -0.25) is 0 Å². The molecule has 0 aliphatic carbocycles. The minimum atomic E-state index is -0.926. The second-order valence-electron chi connectivity index (χ2n) is 11.0. The van der Waals surface area contributed by atoms with Crippen LogP contribution in [0.3, 0.4) is 0 Å². The first kappa shape index (κ1) is 23.7. The molecule has 182 valence electrons. The normalized spacial score (nSPS) is 14.5. The van der Waals surface area contributed by atoms with Crippen molar-refractivity contribution in [3.63, 3.8) is 0 Å². The lowest BCUT2D eigenvalue weighted by Crippen LogP contribution is -2.29. The number of hydrogen-bond donors (Lipinski definition) is 2. The quantitative estimate of drug-likeness (QED) is 0.313. The van der Waals surface area contributed by atoms with Crippen LogP contribution in [0.2, 0.25) is 0 Å². The molecular weight excluding hydrogens is 446 g/mol. The first-order valence-corrected chi connectivity index (χ1v) is 12.2. The Kier molecular flexibility index (Phi) is 5.63. The summed E-state index contributed by atoms with van der Waals surface area (Å²) in [5.41, 5.74) is 8.60. The number of aromatic carboxylic acids is 1. The lowest BCUT2D eigenvalue weighted by molar-refractivity contribution is 0.0697. The Morgan fingerprint density at radius 1 is 0.806 bits per heavy atom. The van der Waals surface area contributed by atoms with Crippen LogP contribution >= 0.6 is 0 Å². The van der Waals surface area contributed by atoms with E-state index in [2.05, 4.69) is 88.1 Å². The molecule has 0 atom stereocenters. The summed E-state index contributed by atoms with van der Waals surface area (Å²) in [6.07, 6.45) is 2.20. The van der Waals surface area contributed by atoms with Gasteiger partial charge < -0.3 is 14.8 Å². The van der Waals surface area contributed by atoms with Crippen molar-refractivity contribution in [3.8, 4) is 28.3 Å². The van der Waals surface area contributed by atoms with Crippen LogP contribution in [0.25, 0.3) is 28.1 Å². The van der Waals surface area contributed by atoms with Crippen LogP contribution in [0, 0.1) is 0 Å². The molecule has 0 radical (unpaired) electrons. The minimum absolute atomic E-state index is 0.103. The molecule has 0 fully saturated rings. The van der Waals surface area contributed by atoms with Gasteiger partial charge >= 0.3 is 5.97 Å². The first-order valence-electron chi connectivity index (χ1n) is 12.2. The summed E-state index contributed by atoms with van der Waals surface area (Å²) in [6, 6.07) is 26.1. The van der Waals surface area contributed by atoms with E-state index >= 15 is 0 Å². The lowest BCUT2D eigenvalue weighted by atomic mass is 9.84. The second-order valence-corrected chi connectivity index (χ2v) is 11.0. The predicted octanol–water partition coefficient (Wildman–Crippen LogP) is 7.95. The number of nitrogens with one attached hydrogen (secondary N) is 1. The molecule has 5 rings (SSSR count). The lowest BCUT2D eigenvalue weighted by Gasteiger charge is -2.32. The molecule has 0 saturated heterocycles. The molecule has 1 aromatic heterocycles. The van der Waals surface area contributed by atoms with Crippen molar-refractivity contribution in [1.82, 2.24) is 4.98 Å². The van der Waals surface area contributed by atoms with Crippen LogP contribution in [0.15, 0.2) is 84.9 Å². The maximum Gasteiger partial charge on any atom is 0.335 e. The highest BCUT2D eigenvalue weighted by Crippen LogP contribution is 2.42. The maximum absolute atomic E-state index is 11.2. The van der Waals surface area contributed by atoms with Gasteiger partial charge in [-0.05, 0) is 95.6 Å². The van der Waals surface area contributed by atoms with E-state index in [1.807, 2.05) is 24.3 Å². The first-order chi connectivity index (χ1) is 17.0. The third kappa shape index (κ3) is 4.59. The number of fused-ring (bicyclic) bond motifs is 1. The minimum Gasteiger partial charge on any atom is -0.483 e. The van der Waals surface area contributed by atoms with Gasteiger partial charge in [0, 0.05) is 17.0 Å². The van der Waals surface area contributed by atoms with Crippen LogP contribution in [-0.4, -0.2) is 21.7 Å². The molecule has 0 spiro atoms. The number of rotatable bonds is 4. The zero-order chi connectivity index (χ0) is 25.7. The average Bonchev–Trinajstić information content (AvgIpc) is 3.33. The highest BCUT2D eigenvalue weighted by atomic mass is 16.5. The molecule has 2 N–H and O–H groups in total. The Hall–Kier alpha value is -4.05. The molecular formula is C32H31NO3. The Bertz CT molecular complexity index is 1460. The van der Waals surface area contributed by atoms with Gasteiger partial charge in [-0.15, -0.1) is 0 Å². The summed E-state index contributed by atoms with van der Waals surface area (Å²) in [6.45, 7) is 10.9. The van der Waals surface area contributed by atoms with Crippen LogP contribution in [0.1, 0.15) is 61.7 Å². The number of aromatic amines is 1. The van der Waals surface area contributed by atoms with E-state index in [1.165, 1.54) is 16.7 Å². The van der Waals surface area contributed by atoms with Gasteiger partial charge in [0.1, 0.15) is 11.4 Å². The number of carboxylic acids is 1. The highest BCUT2D eigenvalue weighted by Gasteiger charge is 2.28. The fraction of sp³-hybridized carbons (Fsp3) is 0.219. The van der Waals surface area contributed by atoms with Gasteiger partial charge in [0.15, 0.2) is 0 Å². The molecule has 36 heavy (non-hydrogen) atoms. The van der Waals surface area contributed by atoms with Crippen molar-refractivity contribution in [3.05, 3.63) is 107 Å². The SMILES string of the molecule is CC1(C)C=C(c2ccc(C(C)(C)C)cc2)c2cc(-c3ccc(-c4ccc(C(=O)O)cc4)[nH]3)ccc2O1. The van der Waals surface area contributed by atoms with Crippen molar-refractivity contribution in [1.29, 1.82) is 0 Å². The molecule has 4 nitrogen and oxygen atoms in total. The Balaban J connectivity index is 1.51. The number of benzene rings is 3. The summed E-state index contributed by atoms with van der Waals surface area (Å²) in [5.74, 6) is -0.0535. The molecule has 0 saturated carbocycles. The summed E-state index contributed by atoms with van der Waals surface area (Å²) in [7, 11) is 0. The molecule has 1 aliphatic rings. The largest absolute Gasteiger partial charge is 0.483 e. The maximum atomic E-state index is 11.2. The smallest absolute Gasteiger partial charge is 0.335 e. The van der Waals surface area contributed by atoms with Gasteiger partial charge in [0.05, 0.1) is 5.56 Å². The molecule has 2 heterocycles. The van der Waals surface area contributed by atoms with E-state index in [4.69, 9.17) is 9.84 Å². The third-order valence-electron chi connectivity index (χ3n) is 6.64. The van der Waals surface area contributed by atoms with E-state index in [-0.39, 0.29) is 11.0 Å². The summed E-state index contributed by atoms with van der Waals surface area (Å²) in [4.78, 5) is 14.7. The van der Waals surface area contributed by atoms with Crippen molar-refractivity contribution in [2.24, 2.45) is 0 Å². The van der Waals surface area contributed by atoms with E-state index in [1.54, 1.807) is 12.1 Å². The molecule has 4 aromatic rings. The summed E-state index contributed by atoms with van der Waals surface area (Å²) < 4.78 is 6.31. The van der Waals surface area contributed by atoms with Gasteiger partial charge in [0.2, 0.25) is 0 Å². The fourth-order valence-electron chi connectivity index (χ4n) is 4.65. The van der Waals surface area contributed by atoms with Crippen molar-refractivity contribution in [2.75, 3.05) is 0 Å². The zero-order valence-corrected chi connectivity index (χ0v) is 21.3. The molecule has 0 bridgehead atoms. The number of carbonyl (C=O) groups is 1. The van der Waals surface area contributed by atoms with Crippen LogP contribution in [0.5, 0.6) is 5.75 Å². The molecule has 3 aromatic carbocycles. The van der Waals surface area contributed by atoms with Crippen LogP contribution in [0.4, 0.5) is 0 Å². The van der Waals surface area contributed by atoms with Gasteiger partial charge in [-0.2, -0.15) is 0 Å². The number of ether oxygens (including phenoxy) is 1. The Morgan fingerprint density at radius 2 is 1.39 bits per heavy atom. The van der Waals surface area contributed by atoms with E-state index in [0.717, 1.165) is 33.8 Å². The molecule has 1 aliphatic heterocycles. The van der Waals surface area contributed by atoms with Crippen LogP contribution in [-0.2, 0) is 5.41 Å². The van der Waals surface area contributed by atoms with E-state index in [9.17, 15) is 4.79 Å². The number of aromatic nitrogens is 1. The van der Waals surface area contributed by atoms with Gasteiger partial charge in [0.25, 0.3) is 0 Å². The van der Waals surface area contributed by atoms with Crippen molar-refractivity contribution >= 4 is 11.5 Å². The second kappa shape index (κ2) is 8.56. The van der Waals surface area contributed by atoms with Crippen molar-refractivity contribution < 1.29 is 14.6 Å². The highest BCUT2D eigenvalue weighted by molar-refractivity contribution is 5.89. The number of carboxylic acid groups (broad SMARTS) is 1. The van der Waals surface area contributed by atoms with Crippen molar-refractivity contribution in [2.45, 2.75) is 45.6 Å². The van der Waals surface area contributed by atoms with E-state index in [0.29, 0.717) is 0 Å². The summed E-state index contributed by atoms with van der Waals surface area (Å²) in [5, 5.41) is 9.16. The standard InChI is InChI=1S/C32H31NO3/c1-31(2,3)24-13-10-20(11-14-24)26-19-32(4,5)36-29-17-12-23(18-25(26)29)28-16-15-27(33-28)21-6-8-22(9-7-21)30(34)35/h6-19,33H,1-5H3,(H,34,35). The van der Waals surface area contributed by atoms with Gasteiger partial charge in [-0.1, -0.05) is 57.2 Å². The van der Waals surface area contributed by atoms with E-state index < -0.39 is 11.6 Å². The van der Waals surface area contributed by atoms with Crippen LogP contribution < -0.4 is 4.74 Å². The topological polar surface area (TPSA) is 62.3 Å². The predicted molar refractivity (Wildman–Crippen MR) is 146 cm³/mol. The monoisotopic (exact) mass is 477 g/mol. The number of hydrogen-bond acceptors (Lipinski definition) is 2. The molecule has 0 amide bonds. The molecule has 0 unspecified atom stereocenters. The fourth-order valence-corrected chi connectivity index (χ4v) is 4.65. The third-order valence-corrected chi connectivity index (χ3v) is 6.64. The Morgan fingerprint density at radius 3 is 2.00 bits per heavy atom. The average molecular weight is 478 g/mol. The number of H-pyrrole nitrogens is 1. The molecule has 4 heteroatoms. The van der Waals surface area contributed by atoms with Gasteiger partial charge in [-0.25, -0.2) is 4.79 Å².